The molecule has 2 unspecified atom stereocenters. The number of pyridine rings is 1. The maximum atomic E-state index is 13.7. The summed E-state index contributed by atoms with van der Waals surface area (Å²) in [6.07, 6.45) is 4.06. The summed E-state index contributed by atoms with van der Waals surface area (Å²) in [6.45, 7) is 3.68. The van der Waals surface area contributed by atoms with E-state index < -0.39 is 18.2 Å². The molecule has 1 fully saturated rings. The zero-order chi connectivity index (χ0) is 24.2. The largest absolute Gasteiger partial charge is 0.481 e. The highest BCUT2D eigenvalue weighted by atomic mass is 19.1. The van der Waals surface area contributed by atoms with Crippen LogP contribution in [0.15, 0.2) is 54.6 Å². The highest BCUT2D eigenvalue weighted by molar-refractivity contribution is 5.99. The van der Waals surface area contributed by atoms with E-state index in [0.29, 0.717) is 5.92 Å². The Labute approximate surface area is 198 Å². The first-order chi connectivity index (χ1) is 16.3. The first-order valence-electron chi connectivity index (χ1n) is 11.7. The second kappa shape index (κ2) is 10.5. The number of fused-ring (bicyclic) bond motifs is 1. The number of aliphatic hydroxyl groups excluding tert-OH is 1. The molecule has 1 aliphatic rings. The zero-order valence-electron chi connectivity index (χ0n) is 19.4. The van der Waals surface area contributed by atoms with Crippen LogP contribution in [-0.2, 0) is 9.53 Å². The minimum Gasteiger partial charge on any atom is -0.481 e. The van der Waals surface area contributed by atoms with Crippen molar-refractivity contribution >= 4 is 22.9 Å². The quantitative estimate of drug-likeness (QED) is 0.388. The number of halogens is 1. The number of hydrogen-bond donors (Lipinski definition) is 2. The van der Waals surface area contributed by atoms with Gasteiger partial charge >= 0.3 is 5.97 Å². The lowest BCUT2D eigenvalue weighted by atomic mass is 9.92. The fraction of sp³-hybridized carbons (Fsp3) is 0.357. The van der Waals surface area contributed by atoms with Crippen LogP contribution in [0, 0.1) is 5.82 Å². The molecule has 1 aromatic heterocycles. The number of benzene rings is 2. The summed E-state index contributed by atoms with van der Waals surface area (Å²) >= 11 is 0. The molecule has 2 atom stereocenters. The van der Waals surface area contributed by atoms with Gasteiger partial charge in [0, 0.05) is 28.9 Å². The number of carboxylic acid groups (broad SMARTS) is 1. The third-order valence-corrected chi connectivity index (χ3v) is 5.91. The average molecular weight is 464 g/mol. The number of aliphatic carboxylic acids is 1. The molecule has 2 aromatic carbocycles. The predicted molar refractivity (Wildman–Crippen MR) is 131 cm³/mol. The maximum Gasteiger partial charge on any atom is 0.305 e. The van der Waals surface area contributed by atoms with E-state index in [1.165, 1.54) is 12.1 Å². The summed E-state index contributed by atoms with van der Waals surface area (Å²) in [7, 11) is 0. The molecule has 0 bridgehead atoms. The monoisotopic (exact) mass is 463 g/mol. The Morgan fingerprint density at radius 1 is 1.18 bits per heavy atom. The molecule has 0 spiro atoms. The third-order valence-electron chi connectivity index (χ3n) is 5.91. The van der Waals surface area contributed by atoms with E-state index in [2.05, 4.69) is 0 Å². The lowest BCUT2D eigenvalue weighted by Gasteiger charge is -2.20. The molecular weight excluding hydrogens is 433 g/mol. The van der Waals surface area contributed by atoms with Crippen molar-refractivity contribution in [3.63, 3.8) is 0 Å². The Morgan fingerprint density at radius 3 is 2.53 bits per heavy atom. The minimum atomic E-state index is -0.963. The Hall–Kier alpha value is -3.09. The maximum absolute atomic E-state index is 13.7. The zero-order valence-corrected chi connectivity index (χ0v) is 19.4. The van der Waals surface area contributed by atoms with Gasteiger partial charge in [-0.05, 0) is 50.5 Å². The number of nitrogens with zero attached hydrogens (tertiary/aromatic N) is 1. The molecule has 0 aliphatic heterocycles. The fourth-order valence-corrected chi connectivity index (χ4v) is 4.33. The Bertz CT molecular complexity index is 1180. The normalized spacial score (nSPS) is 15.8. The average Bonchev–Trinajstić information content (AvgIpc) is 3.62. The second-order valence-corrected chi connectivity index (χ2v) is 9.15. The highest BCUT2D eigenvalue weighted by Crippen LogP contribution is 2.45. The van der Waals surface area contributed by atoms with E-state index in [4.69, 9.17) is 9.72 Å². The molecular formula is C28H30FNO4. The number of carboxylic acids is 1. The van der Waals surface area contributed by atoms with Crippen LogP contribution in [0.5, 0.6) is 0 Å². The van der Waals surface area contributed by atoms with Crippen LogP contribution in [0.2, 0.25) is 0 Å². The first kappa shape index (κ1) is 24.0. The number of rotatable bonds is 10. The molecule has 4 rings (SSSR count). The van der Waals surface area contributed by atoms with Gasteiger partial charge < -0.3 is 14.9 Å². The molecule has 1 heterocycles. The van der Waals surface area contributed by atoms with E-state index >= 15 is 0 Å². The van der Waals surface area contributed by atoms with Crippen molar-refractivity contribution in [2.75, 3.05) is 0 Å². The van der Waals surface area contributed by atoms with Crippen LogP contribution in [0.4, 0.5) is 4.39 Å². The van der Waals surface area contributed by atoms with Crippen LogP contribution in [0.1, 0.15) is 56.7 Å². The molecule has 0 radical (unpaired) electrons. The van der Waals surface area contributed by atoms with Gasteiger partial charge in [-0.3, -0.25) is 9.78 Å². The van der Waals surface area contributed by atoms with Crippen LogP contribution >= 0.6 is 0 Å². The van der Waals surface area contributed by atoms with Gasteiger partial charge in [-0.2, -0.15) is 0 Å². The first-order valence-corrected chi connectivity index (χ1v) is 11.7. The van der Waals surface area contributed by atoms with Gasteiger partial charge in [-0.25, -0.2) is 4.39 Å². The number of hydrogen-bond acceptors (Lipinski definition) is 4. The Balaban J connectivity index is 1.74. The summed E-state index contributed by atoms with van der Waals surface area (Å²) < 4.78 is 19.4. The van der Waals surface area contributed by atoms with Crippen molar-refractivity contribution < 1.29 is 24.1 Å². The molecule has 2 N–H and O–H groups in total. The van der Waals surface area contributed by atoms with Gasteiger partial charge in [-0.15, -0.1) is 0 Å². The molecule has 3 aromatic rings. The standard InChI is InChI=1S/C28H30FNO4/c1-17(2)34-22(16-26(32)33)15-21(31)13-14-24-27(18-9-11-20(29)12-10-18)23-5-3-4-6-25(23)30-28(24)19-7-8-19/h3-6,9-14,17,19,21-22,31H,7-8,15-16H2,1-2H3,(H,32,33)/b14-13+. The molecule has 0 saturated heterocycles. The molecule has 6 heteroatoms. The second-order valence-electron chi connectivity index (χ2n) is 9.15. The summed E-state index contributed by atoms with van der Waals surface area (Å²) in [6, 6.07) is 14.3. The minimum absolute atomic E-state index is 0.142. The number of aromatic nitrogens is 1. The number of aliphatic hydroxyl groups is 1. The van der Waals surface area contributed by atoms with Gasteiger partial charge in [0.05, 0.1) is 35.9 Å². The highest BCUT2D eigenvalue weighted by Gasteiger charge is 2.29. The predicted octanol–water partition coefficient (Wildman–Crippen LogP) is 5.95. The summed E-state index contributed by atoms with van der Waals surface area (Å²) in [4.78, 5) is 16.2. The smallest absolute Gasteiger partial charge is 0.305 e. The third kappa shape index (κ3) is 5.88. The summed E-state index contributed by atoms with van der Waals surface area (Å²) in [5, 5.41) is 20.9. The molecule has 0 amide bonds. The van der Waals surface area contributed by atoms with E-state index in [-0.39, 0.29) is 24.8 Å². The lowest BCUT2D eigenvalue weighted by Crippen LogP contribution is -2.25. The molecule has 5 nitrogen and oxygen atoms in total. The van der Waals surface area contributed by atoms with Crippen molar-refractivity contribution in [2.45, 2.75) is 63.8 Å². The van der Waals surface area contributed by atoms with E-state index in [1.807, 2.05) is 44.2 Å². The SMILES string of the molecule is CC(C)OC(CC(=O)O)CC(O)/C=C/c1c(C2CC2)nc2ccccc2c1-c1ccc(F)cc1. The Kier molecular flexibility index (Phi) is 7.39. The number of ether oxygens (including phenoxy) is 1. The summed E-state index contributed by atoms with van der Waals surface area (Å²) in [5.74, 6) is -0.911. The summed E-state index contributed by atoms with van der Waals surface area (Å²) in [5.41, 5.74) is 4.60. The van der Waals surface area contributed by atoms with Gasteiger partial charge in [0.25, 0.3) is 0 Å². The Morgan fingerprint density at radius 2 is 1.88 bits per heavy atom. The van der Waals surface area contributed by atoms with Crippen LogP contribution < -0.4 is 0 Å². The van der Waals surface area contributed by atoms with Crippen molar-refractivity contribution in [1.29, 1.82) is 0 Å². The van der Waals surface area contributed by atoms with Crippen LogP contribution in [-0.4, -0.2) is 39.5 Å². The fourth-order valence-electron chi connectivity index (χ4n) is 4.33. The van der Waals surface area contributed by atoms with Gasteiger partial charge in [0.1, 0.15) is 5.82 Å². The van der Waals surface area contributed by atoms with Crippen molar-refractivity contribution in [2.24, 2.45) is 0 Å². The van der Waals surface area contributed by atoms with Gasteiger partial charge in [-0.1, -0.05) is 42.5 Å². The molecule has 34 heavy (non-hydrogen) atoms. The topological polar surface area (TPSA) is 79.7 Å². The van der Waals surface area contributed by atoms with Crippen molar-refractivity contribution in [3.8, 4) is 11.1 Å². The van der Waals surface area contributed by atoms with Crippen molar-refractivity contribution in [1.82, 2.24) is 4.98 Å². The molecule has 1 aliphatic carbocycles. The molecule has 1 saturated carbocycles. The number of carbonyl (C=O) groups is 1. The van der Waals surface area contributed by atoms with Crippen LogP contribution in [0.25, 0.3) is 28.1 Å². The molecule has 178 valence electrons. The van der Waals surface area contributed by atoms with E-state index in [9.17, 15) is 19.4 Å². The van der Waals surface area contributed by atoms with Gasteiger partial charge in [0.2, 0.25) is 0 Å². The van der Waals surface area contributed by atoms with E-state index in [0.717, 1.165) is 46.1 Å². The van der Waals surface area contributed by atoms with Crippen LogP contribution in [0.3, 0.4) is 0 Å². The lowest BCUT2D eigenvalue weighted by molar-refractivity contribution is -0.141. The van der Waals surface area contributed by atoms with E-state index in [1.54, 1.807) is 18.2 Å². The van der Waals surface area contributed by atoms with Gasteiger partial charge in [0.15, 0.2) is 0 Å². The number of para-hydroxylation sites is 1. The van der Waals surface area contributed by atoms with Crippen molar-refractivity contribution in [3.05, 3.63) is 71.7 Å².